The van der Waals surface area contributed by atoms with Crippen molar-refractivity contribution in [2.24, 2.45) is 34.5 Å². The lowest BCUT2D eigenvalue weighted by molar-refractivity contribution is -0.166. The molecule has 1 aliphatic heterocycles. The Bertz CT molecular complexity index is 757. The Morgan fingerprint density at radius 3 is 2.76 bits per heavy atom. The summed E-state index contributed by atoms with van der Waals surface area (Å²) in [6.07, 6.45) is 3.08. The Labute approximate surface area is 145 Å². The summed E-state index contributed by atoms with van der Waals surface area (Å²) in [7, 11) is 0. The first-order valence-electron chi connectivity index (χ1n) is 8.88. The molecule has 6 heteroatoms. The van der Waals surface area contributed by atoms with Crippen molar-refractivity contribution in [1.82, 2.24) is 0 Å². The third-order valence-corrected chi connectivity index (χ3v) is 7.99. The van der Waals surface area contributed by atoms with E-state index in [0.717, 1.165) is 5.57 Å². The SMILES string of the molecule is C=C1C[C@]23C[C@H]1C[C@H](O)[C@H]2[C@@]12C=C[C@H](O)[C@](C)(C(=O)O1)[C@H]2[C@@H]3C(=O)O. The number of aliphatic carboxylic acids is 1. The van der Waals surface area contributed by atoms with Crippen LogP contribution < -0.4 is 0 Å². The fourth-order valence-electron chi connectivity index (χ4n) is 7.22. The van der Waals surface area contributed by atoms with Gasteiger partial charge in [0.1, 0.15) is 11.0 Å². The van der Waals surface area contributed by atoms with Crippen LogP contribution in [0.2, 0.25) is 0 Å². The van der Waals surface area contributed by atoms with E-state index < -0.39 is 58.3 Å². The van der Waals surface area contributed by atoms with Gasteiger partial charge in [-0.05, 0) is 43.6 Å². The molecule has 1 spiro atoms. The molecule has 0 aromatic carbocycles. The molecule has 0 aromatic rings. The average Bonchev–Trinajstić information content (AvgIpc) is 2.99. The van der Waals surface area contributed by atoms with E-state index >= 15 is 0 Å². The van der Waals surface area contributed by atoms with Crippen LogP contribution in [0.1, 0.15) is 26.2 Å². The normalized spacial score (nSPS) is 58.0. The molecule has 5 aliphatic rings. The summed E-state index contributed by atoms with van der Waals surface area (Å²) < 4.78 is 5.83. The zero-order chi connectivity index (χ0) is 17.9. The van der Waals surface area contributed by atoms with Gasteiger partial charge in [0, 0.05) is 11.8 Å². The molecule has 4 bridgehead atoms. The molecule has 0 amide bonds. The van der Waals surface area contributed by atoms with Crippen LogP contribution >= 0.6 is 0 Å². The minimum atomic E-state index is -1.30. The van der Waals surface area contributed by atoms with E-state index in [2.05, 4.69) is 6.58 Å². The minimum Gasteiger partial charge on any atom is -0.481 e. The Morgan fingerprint density at radius 1 is 1.36 bits per heavy atom. The molecule has 25 heavy (non-hydrogen) atoms. The van der Waals surface area contributed by atoms with Crippen LogP contribution in [0, 0.1) is 34.5 Å². The maximum atomic E-state index is 12.7. The van der Waals surface area contributed by atoms with E-state index in [4.69, 9.17) is 4.74 Å². The van der Waals surface area contributed by atoms with E-state index in [9.17, 15) is 24.9 Å². The van der Waals surface area contributed by atoms with Crippen molar-refractivity contribution in [3.8, 4) is 0 Å². The van der Waals surface area contributed by atoms with Gasteiger partial charge in [-0.3, -0.25) is 9.59 Å². The molecule has 4 fully saturated rings. The summed E-state index contributed by atoms with van der Waals surface area (Å²) in [5, 5.41) is 31.6. The molecule has 134 valence electrons. The number of hydrogen-bond donors (Lipinski definition) is 3. The summed E-state index contributed by atoms with van der Waals surface area (Å²) in [5.74, 6) is -3.45. The molecular weight excluding hydrogens is 324 g/mol. The molecule has 3 N–H and O–H groups in total. The third-order valence-electron chi connectivity index (χ3n) is 7.99. The number of carbonyl (C=O) groups excluding carboxylic acids is 1. The van der Waals surface area contributed by atoms with Crippen LogP contribution in [0.4, 0.5) is 0 Å². The molecule has 3 saturated carbocycles. The summed E-state index contributed by atoms with van der Waals surface area (Å²) in [5.41, 5.74) is -2.14. The average molecular weight is 346 g/mol. The molecule has 5 rings (SSSR count). The number of fused-ring (bicyclic) bond motifs is 1. The number of rotatable bonds is 1. The second-order valence-electron chi connectivity index (χ2n) is 8.87. The molecule has 9 atom stereocenters. The number of esters is 1. The number of aliphatic hydroxyl groups is 2. The van der Waals surface area contributed by atoms with Crippen molar-refractivity contribution in [2.75, 3.05) is 0 Å². The second kappa shape index (κ2) is 4.18. The number of hydrogen-bond acceptors (Lipinski definition) is 5. The maximum Gasteiger partial charge on any atom is 0.316 e. The largest absolute Gasteiger partial charge is 0.481 e. The minimum absolute atomic E-state index is 0.112. The highest BCUT2D eigenvalue weighted by Crippen LogP contribution is 2.76. The van der Waals surface area contributed by atoms with Crippen molar-refractivity contribution < 1.29 is 29.6 Å². The monoisotopic (exact) mass is 346 g/mol. The van der Waals surface area contributed by atoms with Gasteiger partial charge in [0.2, 0.25) is 0 Å². The highest BCUT2D eigenvalue weighted by atomic mass is 16.6. The van der Waals surface area contributed by atoms with Crippen LogP contribution in [0.5, 0.6) is 0 Å². The summed E-state index contributed by atoms with van der Waals surface area (Å²) >= 11 is 0. The van der Waals surface area contributed by atoms with Crippen molar-refractivity contribution in [3.05, 3.63) is 24.3 Å². The van der Waals surface area contributed by atoms with Gasteiger partial charge in [0.05, 0.1) is 18.1 Å². The van der Waals surface area contributed by atoms with Gasteiger partial charge in [-0.1, -0.05) is 18.2 Å². The summed E-state index contributed by atoms with van der Waals surface area (Å²) in [6.45, 7) is 5.73. The Balaban J connectivity index is 1.81. The Morgan fingerprint density at radius 2 is 2.08 bits per heavy atom. The zero-order valence-corrected chi connectivity index (χ0v) is 14.0. The summed E-state index contributed by atoms with van der Waals surface area (Å²) in [6, 6.07) is 0. The smallest absolute Gasteiger partial charge is 0.316 e. The zero-order valence-electron chi connectivity index (χ0n) is 14.0. The first kappa shape index (κ1) is 15.6. The third kappa shape index (κ3) is 1.40. The molecule has 6 nitrogen and oxygen atoms in total. The van der Waals surface area contributed by atoms with Gasteiger partial charge in [-0.2, -0.15) is 0 Å². The Hall–Kier alpha value is -1.66. The molecule has 0 radical (unpaired) electrons. The molecule has 1 saturated heterocycles. The number of carbonyl (C=O) groups is 2. The predicted molar refractivity (Wildman–Crippen MR) is 85.1 cm³/mol. The fourth-order valence-corrected chi connectivity index (χ4v) is 7.22. The number of ether oxygens (including phenoxy) is 1. The van der Waals surface area contributed by atoms with E-state index in [-0.39, 0.29) is 5.92 Å². The first-order chi connectivity index (χ1) is 11.7. The van der Waals surface area contributed by atoms with Crippen LogP contribution in [-0.4, -0.2) is 45.1 Å². The van der Waals surface area contributed by atoms with Crippen molar-refractivity contribution in [3.63, 3.8) is 0 Å². The van der Waals surface area contributed by atoms with Gasteiger partial charge >= 0.3 is 11.9 Å². The lowest BCUT2D eigenvalue weighted by atomic mass is 9.61. The molecule has 0 aromatic heterocycles. The Kier molecular flexibility index (Phi) is 2.60. The number of carboxylic acid groups (broad SMARTS) is 1. The van der Waals surface area contributed by atoms with Crippen LogP contribution in [0.15, 0.2) is 24.3 Å². The van der Waals surface area contributed by atoms with Gasteiger partial charge in [0.15, 0.2) is 0 Å². The molecule has 0 unspecified atom stereocenters. The quantitative estimate of drug-likeness (QED) is 0.481. The van der Waals surface area contributed by atoms with Crippen LogP contribution in [-0.2, 0) is 14.3 Å². The van der Waals surface area contributed by atoms with E-state index in [1.807, 2.05) is 0 Å². The molecular formula is C19H22O6. The van der Waals surface area contributed by atoms with Gasteiger partial charge in [-0.15, -0.1) is 0 Å². The van der Waals surface area contributed by atoms with Crippen molar-refractivity contribution in [1.29, 1.82) is 0 Å². The van der Waals surface area contributed by atoms with Gasteiger partial charge in [-0.25, -0.2) is 0 Å². The number of carboxylic acids is 1. The van der Waals surface area contributed by atoms with Crippen molar-refractivity contribution >= 4 is 11.9 Å². The lowest BCUT2D eigenvalue weighted by Crippen LogP contribution is -2.52. The summed E-state index contributed by atoms with van der Waals surface area (Å²) in [4.78, 5) is 25.1. The van der Waals surface area contributed by atoms with Gasteiger partial charge < -0.3 is 20.1 Å². The van der Waals surface area contributed by atoms with Crippen LogP contribution in [0.25, 0.3) is 0 Å². The standard InChI is InChI=1S/C19H22O6/c1-8-6-18-7-9(8)5-10(20)13(18)19-4-3-11(21)17(2,16(24)25-19)14(19)12(18)15(22)23/h3-4,9-14,20-21H,1,5-7H2,2H3,(H,22,23)/t9-,10+,11+,12-,13-,14-,17+,18-,19-/m1/s1. The molecule has 4 aliphatic carbocycles. The maximum absolute atomic E-state index is 12.7. The fraction of sp³-hybridized carbons (Fsp3) is 0.684. The van der Waals surface area contributed by atoms with Crippen molar-refractivity contribution in [2.45, 2.75) is 44.0 Å². The van der Waals surface area contributed by atoms with Crippen LogP contribution in [0.3, 0.4) is 0 Å². The topological polar surface area (TPSA) is 104 Å². The highest BCUT2D eigenvalue weighted by Gasteiger charge is 2.83. The number of aliphatic hydroxyl groups excluding tert-OH is 2. The number of allylic oxidation sites excluding steroid dienone is 1. The second-order valence-corrected chi connectivity index (χ2v) is 8.87. The van der Waals surface area contributed by atoms with E-state index in [0.29, 0.717) is 19.3 Å². The first-order valence-corrected chi connectivity index (χ1v) is 8.88. The van der Waals surface area contributed by atoms with Gasteiger partial charge in [0.25, 0.3) is 0 Å². The lowest BCUT2D eigenvalue weighted by Gasteiger charge is -2.45. The van der Waals surface area contributed by atoms with E-state index in [1.165, 1.54) is 0 Å². The molecule has 1 heterocycles. The predicted octanol–water partition coefficient (Wildman–Crippen LogP) is 0.883. The highest BCUT2D eigenvalue weighted by molar-refractivity contribution is 5.86. The van der Waals surface area contributed by atoms with E-state index in [1.54, 1.807) is 19.1 Å².